The third-order valence-electron chi connectivity index (χ3n) is 7.50. The molecule has 2 unspecified atom stereocenters. The highest BCUT2D eigenvalue weighted by Crippen LogP contribution is 2.58. The Balaban J connectivity index is 1.16. The lowest BCUT2D eigenvalue weighted by Gasteiger charge is -2.23. The topological polar surface area (TPSA) is 95.9 Å². The van der Waals surface area contributed by atoms with Gasteiger partial charge >= 0.3 is 12.1 Å². The van der Waals surface area contributed by atoms with E-state index in [0.29, 0.717) is 19.4 Å². The van der Waals surface area contributed by atoms with Crippen LogP contribution in [0.2, 0.25) is 0 Å². The summed E-state index contributed by atoms with van der Waals surface area (Å²) in [4.78, 5) is 38.4. The van der Waals surface area contributed by atoms with Crippen LogP contribution in [0.1, 0.15) is 43.2 Å². The maximum absolute atomic E-state index is 12.7. The predicted molar refractivity (Wildman–Crippen MR) is 122 cm³/mol. The lowest BCUT2D eigenvalue weighted by molar-refractivity contribution is -0.144. The molecule has 1 heterocycles. The van der Waals surface area contributed by atoms with E-state index < -0.39 is 17.5 Å². The van der Waals surface area contributed by atoms with Gasteiger partial charge in [-0.25, -0.2) is 4.79 Å². The molecule has 0 aromatic heterocycles. The largest absolute Gasteiger partial charge is 0.481 e. The number of carboxylic acids is 1. The highest BCUT2D eigenvalue weighted by atomic mass is 16.5. The molecule has 5 rings (SSSR count). The number of likely N-dealkylation sites (tertiary alicyclic amines) is 1. The van der Waals surface area contributed by atoms with Gasteiger partial charge < -0.3 is 20.1 Å². The Labute approximate surface area is 192 Å². The normalized spacial score (nSPS) is 23.3. The van der Waals surface area contributed by atoms with E-state index in [4.69, 9.17) is 4.74 Å². The molecule has 2 fully saturated rings. The monoisotopic (exact) mass is 448 g/mol. The number of piperidine rings is 1. The molecule has 0 bridgehead atoms. The summed E-state index contributed by atoms with van der Waals surface area (Å²) in [6, 6.07) is 16.0. The SMILES string of the molecule is CC[C@@H](CC(=O)N1CC2CC2(C(=O)O)C1)NC(=O)OCC1c2ccccc2-c2ccccc21. The van der Waals surface area contributed by atoms with Gasteiger partial charge in [-0.05, 0) is 41.0 Å². The second-order valence-electron chi connectivity index (χ2n) is 9.42. The zero-order valence-corrected chi connectivity index (χ0v) is 18.6. The molecule has 7 heteroatoms. The summed E-state index contributed by atoms with van der Waals surface area (Å²) in [5, 5.41) is 12.2. The van der Waals surface area contributed by atoms with Crippen LogP contribution in [-0.4, -0.2) is 53.7 Å². The molecule has 1 saturated carbocycles. The van der Waals surface area contributed by atoms with Crippen molar-refractivity contribution in [2.75, 3.05) is 19.7 Å². The zero-order chi connectivity index (χ0) is 23.2. The molecule has 3 atom stereocenters. The molecule has 33 heavy (non-hydrogen) atoms. The van der Waals surface area contributed by atoms with Crippen LogP contribution < -0.4 is 5.32 Å². The number of carbonyl (C=O) groups is 3. The van der Waals surface area contributed by atoms with E-state index in [1.54, 1.807) is 4.90 Å². The number of nitrogens with one attached hydrogen (secondary N) is 1. The second kappa shape index (κ2) is 8.21. The highest BCUT2D eigenvalue weighted by molar-refractivity contribution is 5.84. The van der Waals surface area contributed by atoms with E-state index in [9.17, 15) is 19.5 Å². The summed E-state index contributed by atoms with van der Waals surface area (Å²) < 4.78 is 5.60. The molecule has 1 saturated heterocycles. The Bertz CT molecular complexity index is 1070. The number of ether oxygens (including phenoxy) is 1. The fourth-order valence-corrected chi connectivity index (χ4v) is 5.45. The van der Waals surface area contributed by atoms with Crippen molar-refractivity contribution in [3.05, 3.63) is 59.7 Å². The smallest absolute Gasteiger partial charge is 0.407 e. The van der Waals surface area contributed by atoms with Crippen LogP contribution in [0, 0.1) is 11.3 Å². The van der Waals surface area contributed by atoms with Gasteiger partial charge in [0.15, 0.2) is 0 Å². The molecule has 3 aliphatic rings. The first kappa shape index (κ1) is 21.5. The van der Waals surface area contributed by atoms with E-state index in [0.717, 1.165) is 11.1 Å². The minimum absolute atomic E-state index is 0.0200. The van der Waals surface area contributed by atoms with E-state index >= 15 is 0 Å². The predicted octanol–water partition coefficient (Wildman–Crippen LogP) is 3.63. The van der Waals surface area contributed by atoms with Crippen LogP contribution in [0.4, 0.5) is 4.79 Å². The van der Waals surface area contributed by atoms with Gasteiger partial charge in [0.25, 0.3) is 0 Å². The fraction of sp³-hybridized carbons (Fsp3) is 0.423. The van der Waals surface area contributed by atoms with Gasteiger partial charge in [-0.15, -0.1) is 0 Å². The Kier molecular flexibility index (Phi) is 5.35. The summed E-state index contributed by atoms with van der Waals surface area (Å²) in [6.45, 7) is 2.89. The van der Waals surface area contributed by atoms with Crippen molar-refractivity contribution in [1.29, 1.82) is 0 Å². The number of benzene rings is 2. The molecular formula is C26H28N2O5. The maximum atomic E-state index is 12.7. The molecule has 0 radical (unpaired) electrons. The number of aliphatic carboxylic acids is 1. The number of carbonyl (C=O) groups excluding carboxylic acids is 2. The first-order valence-corrected chi connectivity index (χ1v) is 11.6. The van der Waals surface area contributed by atoms with Gasteiger partial charge in [-0.3, -0.25) is 9.59 Å². The Hall–Kier alpha value is -3.35. The van der Waals surface area contributed by atoms with Crippen molar-refractivity contribution in [1.82, 2.24) is 10.2 Å². The standard InChI is InChI=1S/C26H28N2O5/c1-2-17(11-23(29)28-13-16-12-26(16,15-28)24(30)31)27-25(32)33-14-22-20-9-5-3-7-18(20)19-8-4-6-10-21(19)22/h3-10,16-17,22H,2,11-15H2,1H3,(H,27,32)(H,30,31)/t16?,17-,26?/m0/s1. The van der Waals surface area contributed by atoms with E-state index in [1.165, 1.54) is 11.1 Å². The maximum Gasteiger partial charge on any atom is 0.407 e. The number of carboxylic acid groups (broad SMARTS) is 1. The average molecular weight is 449 g/mol. The first-order chi connectivity index (χ1) is 15.9. The van der Waals surface area contributed by atoms with Crippen LogP contribution in [0.5, 0.6) is 0 Å². The minimum atomic E-state index is -0.813. The number of rotatable bonds is 7. The summed E-state index contributed by atoms with van der Waals surface area (Å²) >= 11 is 0. The number of fused-ring (bicyclic) bond motifs is 4. The quantitative estimate of drug-likeness (QED) is 0.674. The molecule has 2 amide bonds. The van der Waals surface area contributed by atoms with Crippen LogP contribution in [-0.2, 0) is 14.3 Å². The number of nitrogens with zero attached hydrogens (tertiary/aromatic N) is 1. The number of hydrogen-bond acceptors (Lipinski definition) is 4. The van der Waals surface area contributed by atoms with Crippen molar-refractivity contribution in [3.63, 3.8) is 0 Å². The average Bonchev–Trinajstić information content (AvgIpc) is 3.25. The highest BCUT2D eigenvalue weighted by Gasteiger charge is 2.66. The number of amides is 2. The van der Waals surface area contributed by atoms with Gasteiger partial charge in [0.1, 0.15) is 6.61 Å². The van der Waals surface area contributed by atoms with Crippen molar-refractivity contribution < 1.29 is 24.2 Å². The van der Waals surface area contributed by atoms with E-state index in [1.807, 2.05) is 31.2 Å². The van der Waals surface area contributed by atoms with Crippen LogP contribution in [0.25, 0.3) is 11.1 Å². The Morgan fingerprint density at radius 3 is 2.33 bits per heavy atom. The van der Waals surface area contributed by atoms with Crippen LogP contribution in [0.15, 0.2) is 48.5 Å². The fourth-order valence-electron chi connectivity index (χ4n) is 5.45. The minimum Gasteiger partial charge on any atom is -0.481 e. The lowest BCUT2D eigenvalue weighted by atomic mass is 9.98. The van der Waals surface area contributed by atoms with Gasteiger partial charge in [0.2, 0.25) is 5.91 Å². The summed E-state index contributed by atoms with van der Waals surface area (Å²) in [6.07, 6.45) is 0.838. The van der Waals surface area contributed by atoms with Gasteiger partial charge in [-0.1, -0.05) is 55.5 Å². The van der Waals surface area contributed by atoms with Gasteiger partial charge in [0.05, 0.1) is 5.41 Å². The first-order valence-electron chi connectivity index (χ1n) is 11.6. The van der Waals surface area contributed by atoms with E-state index in [-0.39, 0.29) is 43.4 Å². The molecular weight excluding hydrogens is 420 g/mol. The molecule has 1 aliphatic heterocycles. The summed E-state index contributed by atoms with van der Waals surface area (Å²) in [5.74, 6) is -0.886. The Morgan fingerprint density at radius 1 is 1.12 bits per heavy atom. The summed E-state index contributed by atoms with van der Waals surface area (Å²) in [7, 11) is 0. The number of alkyl carbamates (subject to hydrolysis) is 1. The lowest BCUT2D eigenvalue weighted by Crippen LogP contribution is -2.41. The third-order valence-corrected chi connectivity index (χ3v) is 7.50. The van der Waals surface area contributed by atoms with E-state index in [2.05, 4.69) is 29.6 Å². The zero-order valence-electron chi connectivity index (χ0n) is 18.6. The van der Waals surface area contributed by atoms with Crippen LogP contribution in [0.3, 0.4) is 0 Å². The Morgan fingerprint density at radius 2 is 1.76 bits per heavy atom. The van der Waals surface area contributed by atoms with Crippen molar-refractivity contribution >= 4 is 18.0 Å². The summed E-state index contributed by atoms with van der Waals surface area (Å²) in [5.41, 5.74) is 3.89. The van der Waals surface area contributed by atoms with Gasteiger partial charge in [0, 0.05) is 31.5 Å². The van der Waals surface area contributed by atoms with Crippen molar-refractivity contribution in [3.8, 4) is 11.1 Å². The molecule has 2 aromatic carbocycles. The molecule has 2 N–H and O–H groups in total. The van der Waals surface area contributed by atoms with Crippen molar-refractivity contribution in [2.24, 2.45) is 11.3 Å². The molecule has 2 aromatic rings. The molecule has 0 spiro atoms. The molecule has 172 valence electrons. The van der Waals surface area contributed by atoms with Crippen LogP contribution >= 0.6 is 0 Å². The van der Waals surface area contributed by atoms with Crippen molar-refractivity contribution in [2.45, 2.75) is 38.1 Å². The number of hydrogen-bond donors (Lipinski definition) is 2. The van der Waals surface area contributed by atoms with Gasteiger partial charge in [-0.2, -0.15) is 0 Å². The molecule has 2 aliphatic carbocycles. The third kappa shape index (κ3) is 3.75. The second-order valence-corrected chi connectivity index (χ2v) is 9.42. The molecule has 7 nitrogen and oxygen atoms in total.